The van der Waals surface area contributed by atoms with Crippen LogP contribution in [0.4, 0.5) is 0 Å². The molecule has 1 aromatic rings. The molecule has 1 aromatic carbocycles. The van der Waals surface area contributed by atoms with Gasteiger partial charge in [-0.15, -0.1) is 0 Å². The van der Waals surface area contributed by atoms with Crippen molar-refractivity contribution in [3.63, 3.8) is 0 Å². The van der Waals surface area contributed by atoms with Gasteiger partial charge in [0.05, 0.1) is 6.04 Å². The molecule has 20 heavy (non-hydrogen) atoms. The lowest BCUT2D eigenvalue weighted by Gasteiger charge is -2.14. The molecule has 0 aromatic heterocycles. The van der Waals surface area contributed by atoms with E-state index in [-0.39, 0.29) is 11.9 Å². The molecule has 0 saturated heterocycles. The van der Waals surface area contributed by atoms with Crippen molar-refractivity contribution in [3.05, 3.63) is 35.9 Å². The molecule has 0 heterocycles. The second-order valence-electron chi connectivity index (χ2n) is 5.39. The molecule has 1 saturated carbocycles. The first-order valence-corrected chi connectivity index (χ1v) is 7.43. The third kappa shape index (κ3) is 5.72. The number of carbonyl (C=O) groups is 1. The quantitative estimate of drug-likeness (QED) is 0.638. The Morgan fingerprint density at radius 3 is 2.70 bits per heavy atom. The number of nitrogens with one attached hydrogen (secondary N) is 1. The Balaban J connectivity index is 1.52. The second kappa shape index (κ2) is 8.02. The lowest BCUT2D eigenvalue weighted by molar-refractivity contribution is -0.120. The molecule has 1 unspecified atom stereocenters. The topological polar surface area (TPSA) is 64.4 Å². The van der Waals surface area contributed by atoms with E-state index in [1.165, 1.54) is 5.56 Å². The Kier molecular flexibility index (Phi) is 6.02. The number of hydrogen-bond donors (Lipinski definition) is 2. The van der Waals surface area contributed by atoms with Gasteiger partial charge in [-0.05, 0) is 37.7 Å². The van der Waals surface area contributed by atoms with Crippen molar-refractivity contribution >= 4 is 5.91 Å². The first-order chi connectivity index (χ1) is 9.75. The first kappa shape index (κ1) is 15.0. The highest BCUT2D eigenvalue weighted by Crippen LogP contribution is 2.19. The summed E-state index contributed by atoms with van der Waals surface area (Å²) >= 11 is 0. The van der Waals surface area contributed by atoms with Gasteiger partial charge >= 0.3 is 0 Å². The Morgan fingerprint density at radius 1 is 1.30 bits per heavy atom. The summed E-state index contributed by atoms with van der Waals surface area (Å²) in [5.74, 6) is -0.273. The molecule has 1 atom stereocenters. The van der Waals surface area contributed by atoms with Gasteiger partial charge in [0.25, 0.3) is 0 Å². The van der Waals surface area contributed by atoms with Gasteiger partial charge in [0.15, 0.2) is 0 Å². The fraction of sp³-hybridized carbons (Fsp3) is 0.562. The lowest BCUT2D eigenvalue weighted by Crippen LogP contribution is -2.43. The van der Waals surface area contributed by atoms with Gasteiger partial charge in [-0.2, -0.15) is 0 Å². The van der Waals surface area contributed by atoms with E-state index in [4.69, 9.17) is 10.5 Å². The van der Waals surface area contributed by atoms with Crippen molar-refractivity contribution in [1.82, 2.24) is 5.32 Å². The van der Waals surface area contributed by atoms with Crippen molar-refractivity contribution in [2.75, 3.05) is 13.2 Å². The van der Waals surface area contributed by atoms with Crippen LogP contribution >= 0.6 is 0 Å². The predicted octanol–water partition coefficient (Wildman–Crippen LogP) is 1.63. The number of benzene rings is 1. The van der Waals surface area contributed by atoms with Crippen LogP contribution in [0.1, 0.15) is 31.2 Å². The molecule has 110 valence electrons. The third-order valence-electron chi connectivity index (χ3n) is 3.51. The van der Waals surface area contributed by atoms with Crippen LogP contribution in [0.3, 0.4) is 0 Å². The number of hydrogen-bond acceptors (Lipinski definition) is 3. The van der Waals surface area contributed by atoms with Gasteiger partial charge in [0.1, 0.15) is 0 Å². The van der Waals surface area contributed by atoms with Crippen molar-refractivity contribution in [3.8, 4) is 0 Å². The zero-order valence-corrected chi connectivity index (χ0v) is 11.9. The van der Waals surface area contributed by atoms with Gasteiger partial charge in [-0.1, -0.05) is 30.3 Å². The zero-order valence-electron chi connectivity index (χ0n) is 11.9. The average Bonchev–Trinajstić information content (AvgIpc) is 3.26. The largest absolute Gasteiger partial charge is 0.381 e. The summed E-state index contributed by atoms with van der Waals surface area (Å²) in [6.45, 7) is 1.31. The molecule has 3 N–H and O–H groups in total. The van der Waals surface area contributed by atoms with E-state index in [1.807, 2.05) is 6.07 Å². The highest BCUT2D eigenvalue weighted by atomic mass is 16.5. The van der Waals surface area contributed by atoms with Crippen molar-refractivity contribution in [1.29, 1.82) is 0 Å². The summed E-state index contributed by atoms with van der Waals surface area (Å²) in [4.78, 5) is 11.3. The van der Waals surface area contributed by atoms with E-state index in [2.05, 4.69) is 29.6 Å². The van der Waals surface area contributed by atoms with Crippen LogP contribution in [0.5, 0.6) is 0 Å². The minimum Gasteiger partial charge on any atom is -0.381 e. The third-order valence-corrected chi connectivity index (χ3v) is 3.51. The average molecular weight is 276 g/mol. The SMILES string of the molecule is NC(=O)C(CCOCCCc1ccccc1)NC1CC1. The number of primary amides is 1. The van der Waals surface area contributed by atoms with Crippen LogP contribution in [0.15, 0.2) is 30.3 Å². The van der Waals surface area contributed by atoms with E-state index >= 15 is 0 Å². The molecule has 1 amide bonds. The van der Waals surface area contributed by atoms with Crippen LogP contribution in [0.2, 0.25) is 0 Å². The maximum absolute atomic E-state index is 11.3. The zero-order chi connectivity index (χ0) is 14.2. The predicted molar refractivity (Wildman–Crippen MR) is 79.3 cm³/mol. The van der Waals surface area contributed by atoms with E-state index in [0.717, 1.165) is 32.3 Å². The van der Waals surface area contributed by atoms with E-state index in [1.54, 1.807) is 0 Å². The summed E-state index contributed by atoms with van der Waals surface area (Å²) < 4.78 is 5.59. The Bertz CT molecular complexity index is 404. The maximum atomic E-state index is 11.3. The summed E-state index contributed by atoms with van der Waals surface area (Å²) in [7, 11) is 0. The smallest absolute Gasteiger partial charge is 0.234 e. The van der Waals surface area contributed by atoms with E-state index < -0.39 is 0 Å². The summed E-state index contributed by atoms with van der Waals surface area (Å²) in [5.41, 5.74) is 6.71. The van der Waals surface area contributed by atoms with E-state index in [9.17, 15) is 4.79 Å². The van der Waals surface area contributed by atoms with Gasteiger partial charge in [-0.3, -0.25) is 4.79 Å². The number of nitrogens with two attached hydrogens (primary N) is 1. The summed E-state index contributed by atoms with van der Waals surface area (Å²) in [5, 5.41) is 3.25. The molecule has 0 aliphatic heterocycles. The summed E-state index contributed by atoms with van der Waals surface area (Å²) in [6.07, 6.45) is 5.00. The highest BCUT2D eigenvalue weighted by molar-refractivity contribution is 5.79. The molecule has 1 fully saturated rings. The number of rotatable bonds is 10. The number of ether oxygens (including phenoxy) is 1. The monoisotopic (exact) mass is 276 g/mol. The van der Waals surface area contributed by atoms with Crippen LogP contribution in [0, 0.1) is 0 Å². The molecule has 4 nitrogen and oxygen atoms in total. The molecular formula is C16H24N2O2. The minimum atomic E-state index is -0.273. The van der Waals surface area contributed by atoms with Crippen LogP contribution in [-0.4, -0.2) is 31.2 Å². The fourth-order valence-electron chi connectivity index (χ4n) is 2.17. The Labute approximate surface area is 120 Å². The molecule has 0 spiro atoms. The number of aryl methyl sites for hydroxylation is 1. The normalized spacial score (nSPS) is 16.0. The Morgan fingerprint density at radius 2 is 2.05 bits per heavy atom. The van der Waals surface area contributed by atoms with Gasteiger partial charge in [0.2, 0.25) is 5.91 Å². The first-order valence-electron chi connectivity index (χ1n) is 7.43. The number of carbonyl (C=O) groups excluding carboxylic acids is 1. The molecular weight excluding hydrogens is 252 g/mol. The maximum Gasteiger partial charge on any atom is 0.234 e. The Hall–Kier alpha value is -1.39. The fourth-order valence-corrected chi connectivity index (χ4v) is 2.17. The van der Waals surface area contributed by atoms with Crippen LogP contribution < -0.4 is 11.1 Å². The minimum absolute atomic E-state index is 0.239. The highest BCUT2D eigenvalue weighted by Gasteiger charge is 2.26. The second-order valence-corrected chi connectivity index (χ2v) is 5.39. The van der Waals surface area contributed by atoms with Crippen molar-refractivity contribution < 1.29 is 9.53 Å². The molecule has 0 radical (unpaired) electrons. The van der Waals surface area contributed by atoms with Crippen molar-refractivity contribution in [2.45, 2.75) is 44.2 Å². The summed E-state index contributed by atoms with van der Waals surface area (Å²) in [6, 6.07) is 10.6. The lowest BCUT2D eigenvalue weighted by atomic mass is 10.1. The van der Waals surface area contributed by atoms with Gasteiger partial charge in [-0.25, -0.2) is 0 Å². The van der Waals surface area contributed by atoms with Gasteiger partial charge < -0.3 is 15.8 Å². The molecule has 1 aliphatic rings. The standard InChI is InChI=1S/C16H24N2O2/c17-16(19)15(18-14-8-9-14)10-12-20-11-4-7-13-5-2-1-3-6-13/h1-3,5-6,14-15,18H,4,7-12H2,(H2,17,19). The van der Waals surface area contributed by atoms with Gasteiger partial charge in [0, 0.05) is 19.3 Å². The van der Waals surface area contributed by atoms with Crippen molar-refractivity contribution in [2.24, 2.45) is 5.73 Å². The van der Waals surface area contributed by atoms with Crippen LogP contribution in [0.25, 0.3) is 0 Å². The van der Waals surface area contributed by atoms with E-state index in [0.29, 0.717) is 19.1 Å². The molecule has 0 bridgehead atoms. The molecule has 4 heteroatoms. The molecule has 2 rings (SSSR count). The van der Waals surface area contributed by atoms with Crippen LogP contribution in [-0.2, 0) is 16.0 Å². The molecule has 1 aliphatic carbocycles. The number of amides is 1.